The summed E-state index contributed by atoms with van der Waals surface area (Å²) < 4.78 is 59.8. The zero-order valence-electron chi connectivity index (χ0n) is 8.05. The van der Waals surface area contributed by atoms with E-state index in [9.17, 15) is 21.8 Å². The maximum atomic E-state index is 12.8. The minimum atomic E-state index is -4.37. The molecule has 1 unspecified atom stereocenters. The summed E-state index contributed by atoms with van der Waals surface area (Å²) in [7, 11) is -1.89. The lowest BCUT2D eigenvalue weighted by molar-refractivity contribution is -0.129. The van der Waals surface area contributed by atoms with Gasteiger partial charge in [-0.05, 0) is 18.2 Å². The summed E-state index contributed by atoms with van der Waals surface area (Å²) in [6.45, 7) is 0. The van der Waals surface area contributed by atoms with E-state index in [4.69, 9.17) is 5.73 Å². The molecular formula is C9H9F4NOS. The van der Waals surface area contributed by atoms with Crippen molar-refractivity contribution in [3.63, 3.8) is 0 Å². The number of nitrogen functional groups attached to an aromatic ring is 1. The topological polar surface area (TPSA) is 43.1 Å². The second kappa shape index (κ2) is 4.82. The summed E-state index contributed by atoms with van der Waals surface area (Å²) >= 11 is 0. The Morgan fingerprint density at radius 3 is 2.38 bits per heavy atom. The van der Waals surface area contributed by atoms with Gasteiger partial charge in [0.25, 0.3) is 0 Å². The van der Waals surface area contributed by atoms with E-state index in [-0.39, 0.29) is 10.6 Å². The average Bonchev–Trinajstić information content (AvgIpc) is 2.11. The van der Waals surface area contributed by atoms with Crippen molar-refractivity contribution in [3.05, 3.63) is 24.0 Å². The molecule has 1 atom stereocenters. The molecule has 0 fully saturated rings. The van der Waals surface area contributed by atoms with E-state index in [1.807, 2.05) is 0 Å². The van der Waals surface area contributed by atoms with Crippen LogP contribution in [0.1, 0.15) is 6.42 Å². The van der Waals surface area contributed by atoms with Gasteiger partial charge >= 0.3 is 6.18 Å². The minimum absolute atomic E-state index is 0.0262. The molecule has 0 heterocycles. The molecule has 0 bridgehead atoms. The lowest BCUT2D eigenvalue weighted by Crippen LogP contribution is -2.12. The highest BCUT2D eigenvalue weighted by atomic mass is 32.2. The van der Waals surface area contributed by atoms with Gasteiger partial charge in [-0.1, -0.05) is 0 Å². The largest absolute Gasteiger partial charge is 0.399 e. The first kappa shape index (κ1) is 13.0. The Kier molecular flexibility index (Phi) is 3.90. The predicted molar refractivity (Wildman–Crippen MR) is 52.8 cm³/mol. The molecule has 0 aliphatic heterocycles. The summed E-state index contributed by atoms with van der Waals surface area (Å²) in [6, 6.07) is 3.13. The average molecular weight is 255 g/mol. The van der Waals surface area contributed by atoms with E-state index in [0.717, 1.165) is 12.1 Å². The van der Waals surface area contributed by atoms with Crippen LogP contribution >= 0.6 is 0 Å². The molecule has 0 saturated carbocycles. The van der Waals surface area contributed by atoms with Crippen molar-refractivity contribution in [3.8, 4) is 0 Å². The molecule has 0 spiro atoms. The van der Waals surface area contributed by atoms with Crippen LogP contribution in [0.5, 0.6) is 0 Å². The van der Waals surface area contributed by atoms with Gasteiger partial charge in [-0.15, -0.1) is 0 Å². The third kappa shape index (κ3) is 4.18. The Balaban J connectivity index is 2.73. The van der Waals surface area contributed by atoms with Gasteiger partial charge in [-0.2, -0.15) is 13.2 Å². The molecule has 1 aromatic carbocycles. The molecular weight excluding hydrogens is 246 g/mol. The monoisotopic (exact) mass is 255 g/mol. The van der Waals surface area contributed by atoms with Crippen LogP contribution in [0.4, 0.5) is 23.2 Å². The van der Waals surface area contributed by atoms with Gasteiger partial charge in [0, 0.05) is 16.3 Å². The Morgan fingerprint density at radius 2 is 1.88 bits per heavy atom. The number of hydrogen-bond acceptors (Lipinski definition) is 2. The summed E-state index contributed by atoms with van der Waals surface area (Å²) in [4.78, 5) is -0.0262. The van der Waals surface area contributed by atoms with E-state index in [1.165, 1.54) is 6.07 Å². The lowest BCUT2D eigenvalue weighted by Gasteiger charge is -2.06. The number of hydrogen-bond donors (Lipinski definition) is 1. The maximum absolute atomic E-state index is 12.8. The molecule has 1 rings (SSSR count). The second-order valence-corrected chi connectivity index (χ2v) is 4.71. The zero-order chi connectivity index (χ0) is 12.3. The normalized spacial score (nSPS) is 13.8. The SMILES string of the molecule is Nc1cc(F)cc(S(=O)CCC(F)(F)F)c1. The maximum Gasteiger partial charge on any atom is 0.390 e. The number of rotatable bonds is 3. The molecule has 0 aliphatic carbocycles. The van der Waals surface area contributed by atoms with Crippen LogP contribution in [-0.4, -0.2) is 16.1 Å². The van der Waals surface area contributed by atoms with E-state index < -0.39 is 35.0 Å². The minimum Gasteiger partial charge on any atom is -0.399 e. The van der Waals surface area contributed by atoms with Crippen LogP contribution in [0.25, 0.3) is 0 Å². The molecule has 0 saturated heterocycles. The highest BCUT2D eigenvalue weighted by Gasteiger charge is 2.27. The molecule has 0 amide bonds. The lowest BCUT2D eigenvalue weighted by atomic mass is 10.3. The predicted octanol–water partition coefficient (Wildman–Crippen LogP) is 2.47. The Bertz CT molecular complexity index is 385. The van der Waals surface area contributed by atoms with Crippen LogP contribution in [0, 0.1) is 5.82 Å². The van der Waals surface area contributed by atoms with Crippen LogP contribution in [0.2, 0.25) is 0 Å². The summed E-state index contributed by atoms with van der Waals surface area (Å²) in [5, 5.41) is 0. The van der Waals surface area contributed by atoms with Gasteiger partial charge < -0.3 is 5.73 Å². The highest BCUT2D eigenvalue weighted by molar-refractivity contribution is 7.85. The first-order valence-electron chi connectivity index (χ1n) is 4.29. The molecule has 0 aliphatic rings. The summed E-state index contributed by atoms with van der Waals surface area (Å²) in [6.07, 6.45) is -5.54. The number of alkyl halides is 3. The number of benzene rings is 1. The van der Waals surface area contributed by atoms with Gasteiger partial charge in [0.2, 0.25) is 0 Å². The zero-order valence-corrected chi connectivity index (χ0v) is 8.87. The van der Waals surface area contributed by atoms with Gasteiger partial charge in [0.1, 0.15) is 5.82 Å². The van der Waals surface area contributed by atoms with Crippen LogP contribution in [0.15, 0.2) is 23.1 Å². The molecule has 0 radical (unpaired) electrons. The van der Waals surface area contributed by atoms with Crippen LogP contribution in [-0.2, 0) is 10.8 Å². The van der Waals surface area contributed by atoms with Crippen LogP contribution in [0.3, 0.4) is 0 Å². The number of nitrogens with two attached hydrogens (primary N) is 1. The smallest absolute Gasteiger partial charge is 0.390 e. The fourth-order valence-corrected chi connectivity index (χ4v) is 2.21. The Hall–Kier alpha value is -1.11. The molecule has 90 valence electrons. The molecule has 2 N–H and O–H groups in total. The fourth-order valence-electron chi connectivity index (χ4n) is 1.04. The third-order valence-electron chi connectivity index (χ3n) is 1.73. The van der Waals surface area contributed by atoms with Crippen LogP contribution < -0.4 is 5.73 Å². The molecule has 0 aromatic heterocycles. The molecule has 2 nitrogen and oxygen atoms in total. The van der Waals surface area contributed by atoms with Crippen molar-refractivity contribution in [2.75, 3.05) is 11.5 Å². The van der Waals surface area contributed by atoms with E-state index in [0.29, 0.717) is 0 Å². The standard InChI is InChI=1S/C9H9F4NOS/c10-6-3-7(14)5-8(4-6)16(15)2-1-9(11,12)13/h3-5H,1-2,14H2. The number of halogens is 4. The molecule has 1 aromatic rings. The summed E-state index contributed by atoms with van der Waals surface area (Å²) in [5.41, 5.74) is 5.32. The molecule has 7 heteroatoms. The van der Waals surface area contributed by atoms with E-state index in [2.05, 4.69) is 0 Å². The fraction of sp³-hybridized carbons (Fsp3) is 0.333. The first-order valence-corrected chi connectivity index (χ1v) is 5.61. The Morgan fingerprint density at radius 1 is 1.25 bits per heavy atom. The second-order valence-electron chi connectivity index (χ2n) is 3.14. The van der Waals surface area contributed by atoms with Crippen molar-refractivity contribution in [2.24, 2.45) is 0 Å². The number of anilines is 1. The van der Waals surface area contributed by atoms with E-state index >= 15 is 0 Å². The van der Waals surface area contributed by atoms with E-state index in [1.54, 1.807) is 0 Å². The summed E-state index contributed by atoms with van der Waals surface area (Å²) in [5.74, 6) is -1.30. The first-order chi connectivity index (χ1) is 7.28. The van der Waals surface area contributed by atoms with Gasteiger partial charge in [0.05, 0.1) is 17.2 Å². The quantitative estimate of drug-likeness (QED) is 0.666. The van der Waals surface area contributed by atoms with Gasteiger partial charge in [0.15, 0.2) is 0 Å². The Labute approximate surface area is 91.9 Å². The molecule has 16 heavy (non-hydrogen) atoms. The van der Waals surface area contributed by atoms with Crippen molar-refractivity contribution in [1.29, 1.82) is 0 Å². The van der Waals surface area contributed by atoms with Crippen molar-refractivity contribution >= 4 is 16.5 Å². The van der Waals surface area contributed by atoms with Crippen molar-refractivity contribution in [2.45, 2.75) is 17.5 Å². The van der Waals surface area contributed by atoms with Gasteiger partial charge in [-0.25, -0.2) is 4.39 Å². The van der Waals surface area contributed by atoms with Crippen molar-refractivity contribution in [1.82, 2.24) is 0 Å². The highest BCUT2D eigenvalue weighted by Crippen LogP contribution is 2.22. The third-order valence-corrected chi connectivity index (χ3v) is 3.06. The van der Waals surface area contributed by atoms with Crippen molar-refractivity contribution < 1.29 is 21.8 Å². The van der Waals surface area contributed by atoms with Gasteiger partial charge in [-0.3, -0.25) is 4.21 Å².